The minimum absolute atomic E-state index is 0.123. The van der Waals surface area contributed by atoms with Crippen molar-refractivity contribution in [2.75, 3.05) is 5.75 Å². The van der Waals surface area contributed by atoms with Crippen molar-refractivity contribution in [2.24, 2.45) is 0 Å². The number of carbonyl (C=O) groups is 4. The van der Waals surface area contributed by atoms with Crippen LogP contribution in [0.4, 0.5) is 4.79 Å². The fraction of sp³-hybridized carbons (Fsp3) is 0.600. The lowest BCUT2D eigenvalue weighted by Gasteiger charge is -2.16. The third-order valence-electron chi connectivity index (χ3n) is 1.65. The van der Waals surface area contributed by atoms with Gasteiger partial charge in [0.25, 0.3) is 0 Å². The van der Waals surface area contributed by atoms with Gasteiger partial charge in [-0.3, -0.25) is 9.59 Å². The van der Waals surface area contributed by atoms with Crippen LogP contribution in [0.3, 0.4) is 0 Å². The number of esters is 1. The normalized spacial score (nSPS) is 13.0. The Balaban J connectivity index is 4.27. The maximum Gasteiger partial charge on any atom is 0.410 e. The van der Waals surface area contributed by atoms with E-state index >= 15 is 0 Å². The standard InChI is InChI=1S/C10H15NO7S/c1-5(12)17-7(3)18-10(16)11-8(9(14)15)4-19-6(2)13/h7-8H,4H2,1-3H3,(H,11,16)(H,14,15). The van der Waals surface area contributed by atoms with Crippen LogP contribution in [0.2, 0.25) is 0 Å². The molecule has 0 aromatic carbocycles. The highest BCUT2D eigenvalue weighted by molar-refractivity contribution is 8.13. The molecular formula is C10H15NO7S. The van der Waals surface area contributed by atoms with E-state index in [1.807, 2.05) is 0 Å². The topological polar surface area (TPSA) is 119 Å². The van der Waals surface area contributed by atoms with Crippen LogP contribution in [-0.4, -0.2) is 46.3 Å². The first-order valence-electron chi connectivity index (χ1n) is 5.23. The number of alkyl carbamates (subject to hydrolysis) is 1. The highest BCUT2D eigenvalue weighted by Gasteiger charge is 2.22. The number of aliphatic carboxylic acids is 1. The molecule has 0 bridgehead atoms. The number of carboxylic acid groups (broad SMARTS) is 1. The lowest BCUT2D eigenvalue weighted by molar-refractivity contribution is -0.162. The predicted molar refractivity (Wildman–Crippen MR) is 65.4 cm³/mol. The summed E-state index contributed by atoms with van der Waals surface area (Å²) in [7, 11) is 0. The summed E-state index contributed by atoms with van der Waals surface area (Å²) in [5.41, 5.74) is 0. The molecule has 0 fully saturated rings. The molecular weight excluding hydrogens is 278 g/mol. The fourth-order valence-corrected chi connectivity index (χ4v) is 1.59. The van der Waals surface area contributed by atoms with Gasteiger partial charge < -0.3 is 19.9 Å². The third-order valence-corrected chi connectivity index (χ3v) is 2.55. The van der Waals surface area contributed by atoms with E-state index in [1.165, 1.54) is 13.8 Å². The summed E-state index contributed by atoms with van der Waals surface area (Å²) in [5.74, 6) is -2.06. The number of rotatable bonds is 6. The minimum atomic E-state index is -1.30. The molecule has 9 heteroatoms. The van der Waals surface area contributed by atoms with Crippen LogP contribution >= 0.6 is 11.8 Å². The Kier molecular flexibility index (Phi) is 7.57. The second kappa shape index (κ2) is 8.35. The summed E-state index contributed by atoms with van der Waals surface area (Å²) < 4.78 is 9.13. The van der Waals surface area contributed by atoms with Gasteiger partial charge in [-0.05, 0) is 0 Å². The summed E-state index contributed by atoms with van der Waals surface area (Å²) in [6.07, 6.45) is -2.18. The average molecular weight is 293 g/mol. The quantitative estimate of drug-likeness (QED) is 0.532. The van der Waals surface area contributed by atoms with E-state index in [0.29, 0.717) is 0 Å². The first kappa shape index (κ1) is 17.2. The number of carbonyl (C=O) groups excluding carboxylic acids is 3. The Morgan fingerprint density at radius 3 is 2.21 bits per heavy atom. The lowest BCUT2D eigenvalue weighted by atomic mass is 10.3. The first-order valence-corrected chi connectivity index (χ1v) is 6.21. The van der Waals surface area contributed by atoms with Crippen LogP contribution < -0.4 is 5.32 Å². The molecule has 0 aliphatic heterocycles. The van der Waals surface area contributed by atoms with Crippen LogP contribution in [0, 0.1) is 0 Å². The zero-order chi connectivity index (χ0) is 15.0. The van der Waals surface area contributed by atoms with E-state index in [9.17, 15) is 19.2 Å². The van der Waals surface area contributed by atoms with E-state index in [1.54, 1.807) is 0 Å². The van der Waals surface area contributed by atoms with Crippen molar-refractivity contribution in [1.29, 1.82) is 0 Å². The Hall–Kier alpha value is -1.77. The molecule has 8 nitrogen and oxygen atoms in total. The fourth-order valence-electron chi connectivity index (χ4n) is 0.960. The third kappa shape index (κ3) is 8.89. The van der Waals surface area contributed by atoms with Crippen molar-refractivity contribution in [3.63, 3.8) is 0 Å². The van der Waals surface area contributed by atoms with E-state index in [2.05, 4.69) is 14.8 Å². The van der Waals surface area contributed by atoms with Gasteiger partial charge in [0.2, 0.25) is 6.29 Å². The molecule has 0 aliphatic carbocycles. The molecule has 2 unspecified atom stereocenters. The van der Waals surface area contributed by atoms with Crippen LogP contribution in [0.15, 0.2) is 0 Å². The highest BCUT2D eigenvalue weighted by atomic mass is 32.2. The summed E-state index contributed by atoms with van der Waals surface area (Å²) >= 11 is 0.764. The Bertz CT molecular complexity index is 371. The molecule has 108 valence electrons. The van der Waals surface area contributed by atoms with Gasteiger partial charge in [0, 0.05) is 26.5 Å². The van der Waals surface area contributed by atoms with Crippen molar-refractivity contribution in [3.8, 4) is 0 Å². The molecule has 0 saturated heterocycles. The van der Waals surface area contributed by atoms with Crippen molar-refractivity contribution < 1.29 is 33.8 Å². The van der Waals surface area contributed by atoms with Gasteiger partial charge in [0.15, 0.2) is 5.12 Å². The maximum absolute atomic E-state index is 11.3. The smallest absolute Gasteiger partial charge is 0.410 e. The van der Waals surface area contributed by atoms with Gasteiger partial charge in [-0.1, -0.05) is 11.8 Å². The number of nitrogens with one attached hydrogen (secondary N) is 1. The second-order valence-electron chi connectivity index (χ2n) is 3.42. The molecule has 0 saturated carbocycles. The number of amides is 1. The van der Waals surface area contributed by atoms with Crippen LogP contribution in [0.1, 0.15) is 20.8 Å². The number of carboxylic acids is 1. The molecule has 0 radical (unpaired) electrons. The van der Waals surface area contributed by atoms with Gasteiger partial charge >= 0.3 is 18.0 Å². The van der Waals surface area contributed by atoms with Crippen molar-refractivity contribution >= 4 is 34.9 Å². The second-order valence-corrected chi connectivity index (χ2v) is 4.62. The largest absolute Gasteiger partial charge is 0.480 e. The van der Waals surface area contributed by atoms with Crippen LogP contribution in [0.5, 0.6) is 0 Å². The molecule has 0 aromatic heterocycles. The van der Waals surface area contributed by atoms with E-state index in [0.717, 1.165) is 18.7 Å². The lowest BCUT2D eigenvalue weighted by Crippen LogP contribution is -2.44. The summed E-state index contributed by atoms with van der Waals surface area (Å²) in [6.45, 7) is 3.73. The molecule has 19 heavy (non-hydrogen) atoms. The monoisotopic (exact) mass is 293 g/mol. The molecule has 0 aromatic rings. The maximum atomic E-state index is 11.3. The zero-order valence-electron chi connectivity index (χ0n) is 10.7. The summed E-state index contributed by atoms with van der Waals surface area (Å²) in [5, 5.41) is 10.6. The van der Waals surface area contributed by atoms with E-state index < -0.39 is 30.4 Å². The van der Waals surface area contributed by atoms with Gasteiger partial charge in [0.1, 0.15) is 6.04 Å². The van der Waals surface area contributed by atoms with Gasteiger partial charge in [-0.25, -0.2) is 9.59 Å². The van der Waals surface area contributed by atoms with Crippen LogP contribution in [0.25, 0.3) is 0 Å². The minimum Gasteiger partial charge on any atom is -0.480 e. The number of thioether (sulfide) groups is 1. The molecule has 0 spiro atoms. The van der Waals surface area contributed by atoms with E-state index in [4.69, 9.17) is 5.11 Å². The molecule has 0 rings (SSSR count). The van der Waals surface area contributed by atoms with Gasteiger partial charge in [-0.15, -0.1) is 0 Å². The molecule has 0 heterocycles. The van der Waals surface area contributed by atoms with Crippen molar-refractivity contribution in [2.45, 2.75) is 33.1 Å². The molecule has 0 aliphatic rings. The number of ether oxygens (including phenoxy) is 2. The van der Waals surface area contributed by atoms with Crippen molar-refractivity contribution in [1.82, 2.24) is 5.32 Å². The predicted octanol–water partition coefficient (Wildman–Crippen LogP) is 0.355. The number of hydrogen-bond acceptors (Lipinski definition) is 7. The van der Waals surface area contributed by atoms with E-state index in [-0.39, 0.29) is 10.9 Å². The van der Waals surface area contributed by atoms with Gasteiger partial charge in [0.05, 0.1) is 0 Å². The van der Waals surface area contributed by atoms with Crippen LogP contribution in [-0.2, 0) is 23.9 Å². The Morgan fingerprint density at radius 2 is 1.79 bits per heavy atom. The Morgan fingerprint density at radius 1 is 1.21 bits per heavy atom. The highest BCUT2D eigenvalue weighted by Crippen LogP contribution is 2.05. The number of hydrogen-bond donors (Lipinski definition) is 2. The molecule has 1 amide bonds. The Labute approximate surface area is 113 Å². The first-order chi connectivity index (χ1) is 8.72. The van der Waals surface area contributed by atoms with Crippen molar-refractivity contribution in [3.05, 3.63) is 0 Å². The summed E-state index contributed by atoms with van der Waals surface area (Å²) in [6, 6.07) is -1.27. The summed E-state index contributed by atoms with van der Waals surface area (Å²) in [4.78, 5) is 43.4. The zero-order valence-corrected chi connectivity index (χ0v) is 11.5. The average Bonchev–Trinajstić information content (AvgIpc) is 2.21. The SMILES string of the molecule is CC(=O)OC(C)OC(=O)NC(CSC(C)=O)C(=O)O. The molecule has 2 atom stereocenters. The van der Waals surface area contributed by atoms with Gasteiger partial charge in [-0.2, -0.15) is 0 Å². The molecule has 2 N–H and O–H groups in total.